The molecule has 0 amide bonds. The molecule has 0 radical (unpaired) electrons. The van der Waals surface area contributed by atoms with E-state index in [1.54, 1.807) is 48.5 Å². The van der Waals surface area contributed by atoms with Crippen molar-refractivity contribution in [3.8, 4) is 0 Å². The summed E-state index contributed by atoms with van der Waals surface area (Å²) in [4.78, 5) is 12.1. The highest BCUT2D eigenvalue weighted by molar-refractivity contribution is 6.31. The molecule has 21 heavy (non-hydrogen) atoms. The first-order chi connectivity index (χ1) is 10.2. The lowest BCUT2D eigenvalue weighted by Gasteiger charge is -2.00. The van der Waals surface area contributed by atoms with Crippen molar-refractivity contribution in [3.05, 3.63) is 70.3 Å². The van der Waals surface area contributed by atoms with Crippen molar-refractivity contribution >= 4 is 35.0 Å². The number of Topliss-reactive ketones (excluding diaryl/α,β-unsaturated/α-hetero) is 1. The lowest BCUT2D eigenvalue weighted by molar-refractivity contribution is 0.104. The van der Waals surface area contributed by atoms with Gasteiger partial charge in [0, 0.05) is 16.1 Å². The van der Waals surface area contributed by atoms with Crippen molar-refractivity contribution in [1.82, 2.24) is 0 Å². The number of carbonyl (C=O) groups is 1. The van der Waals surface area contributed by atoms with E-state index in [1.165, 1.54) is 6.21 Å². The van der Waals surface area contributed by atoms with Crippen LogP contribution in [0, 0.1) is 0 Å². The number of anilines is 1. The van der Waals surface area contributed by atoms with Gasteiger partial charge in [-0.05, 0) is 18.2 Å². The number of nitrogens with zero attached hydrogens (tertiary/aromatic N) is 1. The molecule has 0 aromatic heterocycles. The van der Waals surface area contributed by atoms with Gasteiger partial charge in [-0.15, -0.1) is 0 Å². The van der Waals surface area contributed by atoms with E-state index in [-0.39, 0.29) is 17.1 Å². The molecule has 0 saturated heterocycles. The van der Waals surface area contributed by atoms with Gasteiger partial charge in [0.25, 0.3) is 0 Å². The van der Waals surface area contributed by atoms with Crippen molar-refractivity contribution in [3.63, 3.8) is 0 Å². The van der Waals surface area contributed by atoms with Crippen molar-refractivity contribution in [2.45, 2.75) is 0 Å². The Kier molecular flexibility index (Phi) is 3.46. The smallest absolute Gasteiger partial charge is 0.199 e. The van der Waals surface area contributed by atoms with Crippen molar-refractivity contribution in [2.75, 3.05) is 5.43 Å². The number of rotatable bonds is 3. The minimum atomic E-state index is -0.236. The van der Waals surface area contributed by atoms with Crippen LogP contribution >= 0.6 is 11.6 Å². The van der Waals surface area contributed by atoms with Crippen molar-refractivity contribution in [2.24, 2.45) is 5.10 Å². The second-order valence-electron chi connectivity index (χ2n) is 4.52. The van der Waals surface area contributed by atoms with Crippen LogP contribution in [0.5, 0.6) is 0 Å². The summed E-state index contributed by atoms with van der Waals surface area (Å²) in [7, 11) is 0. The average Bonchev–Trinajstić information content (AvgIpc) is 2.73. The number of allylic oxidation sites excluding steroid dienone is 1. The lowest BCUT2D eigenvalue weighted by atomic mass is 10.1. The largest absolute Gasteiger partial charge is 0.506 e. The molecule has 0 spiro atoms. The average molecular weight is 299 g/mol. The van der Waals surface area contributed by atoms with Crippen molar-refractivity contribution in [1.29, 1.82) is 0 Å². The van der Waals surface area contributed by atoms with Gasteiger partial charge in [0.2, 0.25) is 0 Å². The standard InChI is InChI=1S/C16H11ClN2O2/c17-10-4-3-5-11(8-10)19-18-9-14-15(20)12-6-1-2-7-13(12)16(14)21/h1-9,19-20H/b18-9+. The summed E-state index contributed by atoms with van der Waals surface area (Å²) in [6.45, 7) is 0. The molecule has 3 rings (SSSR count). The third-order valence-electron chi connectivity index (χ3n) is 3.14. The molecule has 2 N–H and O–H groups in total. The molecule has 0 bridgehead atoms. The van der Waals surface area contributed by atoms with E-state index >= 15 is 0 Å². The van der Waals surface area contributed by atoms with Crippen LogP contribution in [0.2, 0.25) is 5.02 Å². The fraction of sp³-hybridized carbons (Fsp3) is 0. The summed E-state index contributed by atoms with van der Waals surface area (Å²) >= 11 is 5.86. The van der Waals surface area contributed by atoms with Gasteiger partial charge in [0.1, 0.15) is 5.76 Å². The SMILES string of the molecule is O=C1C(/C=N/Nc2cccc(Cl)c2)=C(O)c2ccccc21. The maximum atomic E-state index is 12.1. The van der Waals surface area contributed by atoms with Gasteiger partial charge in [-0.1, -0.05) is 41.9 Å². The van der Waals surface area contributed by atoms with Gasteiger partial charge in [-0.3, -0.25) is 10.2 Å². The van der Waals surface area contributed by atoms with Crippen LogP contribution in [0.3, 0.4) is 0 Å². The monoisotopic (exact) mass is 298 g/mol. The molecular formula is C16H11ClN2O2. The number of halogens is 1. The van der Waals surface area contributed by atoms with Gasteiger partial charge < -0.3 is 5.11 Å². The molecule has 1 aliphatic rings. The number of benzene rings is 2. The number of hydrogen-bond acceptors (Lipinski definition) is 4. The van der Waals surface area contributed by atoms with Crippen LogP contribution in [0.25, 0.3) is 5.76 Å². The highest BCUT2D eigenvalue weighted by atomic mass is 35.5. The number of aliphatic hydroxyl groups is 1. The third-order valence-corrected chi connectivity index (χ3v) is 3.37. The highest BCUT2D eigenvalue weighted by Crippen LogP contribution is 2.29. The summed E-state index contributed by atoms with van der Waals surface area (Å²) < 4.78 is 0. The normalized spacial score (nSPS) is 13.9. The maximum Gasteiger partial charge on any atom is 0.199 e. The van der Waals surface area contributed by atoms with E-state index in [9.17, 15) is 9.90 Å². The topological polar surface area (TPSA) is 61.7 Å². The molecule has 5 heteroatoms. The van der Waals surface area contributed by atoms with E-state index in [1.807, 2.05) is 0 Å². The number of aliphatic hydroxyl groups excluding tert-OH is 1. The third kappa shape index (κ3) is 2.53. The summed E-state index contributed by atoms with van der Waals surface area (Å²) in [5.74, 6) is -0.285. The molecule has 104 valence electrons. The molecule has 0 atom stereocenters. The Morgan fingerprint density at radius 2 is 1.86 bits per heavy atom. The van der Waals surface area contributed by atoms with Crippen LogP contribution in [0.15, 0.2) is 59.2 Å². The zero-order valence-electron chi connectivity index (χ0n) is 10.9. The van der Waals surface area contributed by atoms with Gasteiger partial charge in [0.05, 0.1) is 17.5 Å². The van der Waals surface area contributed by atoms with Crippen LogP contribution in [-0.2, 0) is 0 Å². The Morgan fingerprint density at radius 3 is 2.57 bits per heavy atom. The fourth-order valence-corrected chi connectivity index (χ4v) is 2.32. The second kappa shape index (κ2) is 5.42. The Morgan fingerprint density at radius 1 is 1.10 bits per heavy atom. The number of hydrogen-bond donors (Lipinski definition) is 2. The molecule has 2 aromatic carbocycles. The molecule has 2 aromatic rings. The first kappa shape index (κ1) is 13.4. The molecular weight excluding hydrogens is 288 g/mol. The second-order valence-corrected chi connectivity index (χ2v) is 4.95. The molecule has 4 nitrogen and oxygen atoms in total. The molecule has 0 saturated carbocycles. The maximum absolute atomic E-state index is 12.1. The number of ketones is 1. The van der Waals surface area contributed by atoms with Crippen LogP contribution in [-0.4, -0.2) is 17.1 Å². The summed E-state index contributed by atoms with van der Waals surface area (Å²) in [5, 5.41) is 14.6. The van der Waals surface area contributed by atoms with Gasteiger partial charge in [-0.2, -0.15) is 5.10 Å². The molecule has 0 fully saturated rings. The predicted octanol–water partition coefficient (Wildman–Crippen LogP) is 3.90. The highest BCUT2D eigenvalue weighted by Gasteiger charge is 2.27. The molecule has 0 unspecified atom stereocenters. The van der Waals surface area contributed by atoms with Gasteiger partial charge in [0.15, 0.2) is 5.78 Å². The van der Waals surface area contributed by atoms with Crippen LogP contribution in [0.1, 0.15) is 15.9 Å². The number of fused-ring (bicyclic) bond motifs is 1. The Bertz CT molecular complexity index is 781. The van der Waals surface area contributed by atoms with E-state index in [0.717, 1.165) is 0 Å². The van der Waals surface area contributed by atoms with Gasteiger partial charge >= 0.3 is 0 Å². The lowest BCUT2D eigenvalue weighted by Crippen LogP contribution is -2.01. The molecule has 1 aliphatic carbocycles. The van der Waals surface area contributed by atoms with E-state index in [0.29, 0.717) is 21.8 Å². The summed E-state index contributed by atoms with van der Waals surface area (Å²) in [6.07, 6.45) is 1.32. The van der Waals surface area contributed by atoms with Crippen molar-refractivity contribution < 1.29 is 9.90 Å². The van der Waals surface area contributed by atoms with E-state index in [4.69, 9.17) is 11.6 Å². The Hall–Kier alpha value is -2.59. The number of nitrogens with one attached hydrogen (secondary N) is 1. The van der Waals surface area contributed by atoms with Crippen LogP contribution in [0.4, 0.5) is 5.69 Å². The quantitative estimate of drug-likeness (QED) is 0.667. The Balaban J connectivity index is 1.81. The fourth-order valence-electron chi connectivity index (χ4n) is 2.13. The first-order valence-electron chi connectivity index (χ1n) is 6.29. The molecule has 0 heterocycles. The zero-order chi connectivity index (χ0) is 14.8. The number of hydrazone groups is 1. The van der Waals surface area contributed by atoms with E-state index < -0.39 is 0 Å². The van der Waals surface area contributed by atoms with Crippen LogP contribution < -0.4 is 5.43 Å². The van der Waals surface area contributed by atoms with E-state index in [2.05, 4.69) is 10.5 Å². The molecule has 0 aliphatic heterocycles. The minimum Gasteiger partial charge on any atom is -0.506 e. The summed E-state index contributed by atoms with van der Waals surface area (Å²) in [5.41, 5.74) is 4.66. The first-order valence-corrected chi connectivity index (χ1v) is 6.66. The number of carbonyl (C=O) groups excluding carboxylic acids is 1. The Labute approximate surface area is 126 Å². The summed E-state index contributed by atoms with van der Waals surface area (Å²) in [6, 6.07) is 13.9. The predicted molar refractivity (Wildman–Crippen MR) is 83.9 cm³/mol. The van der Waals surface area contributed by atoms with Gasteiger partial charge in [-0.25, -0.2) is 0 Å². The zero-order valence-corrected chi connectivity index (χ0v) is 11.6. The minimum absolute atomic E-state index is 0.0488.